The van der Waals surface area contributed by atoms with Gasteiger partial charge in [0.15, 0.2) is 0 Å². The molecular weight excluding hydrogens is 387 g/mol. The van der Waals surface area contributed by atoms with Gasteiger partial charge in [0.25, 0.3) is 5.91 Å². The number of aromatic amines is 1. The summed E-state index contributed by atoms with van der Waals surface area (Å²) in [6.45, 7) is 1.94. The smallest absolute Gasteiger partial charge is 0.416 e. The first kappa shape index (κ1) is 19.3. The van der Waals surface area contributed by atoms with Crippen LogP contribution < -0.4 is 4.74 Å². The molecule has 0 spiro atoms. The van der Waals surface area contributed by atoms with Crippen LogP contribution in [0.4, 0.5) is 13.2 Å². The van der Waals surface area contributed by atoms with E-state index in [1.165, 1.54) is 13.3 Å². The number of benzene rings is 2. The summed E-state index contributed by atoms with van der Waals surface area (Å²) in [4.78, 5) is 14.4. The summed E-state index contributed by atoms with van der Waals surface area (Å²) in [6.07, 6.45) is -3.04. The highest BCUT2D eigenvalue weighted by molar-refractivity contribution is 5.99. The molecule has 0 unspecified atom stereocenters. The zero-order valence-corrected chi connectivity index (χ0v) is 15.5. The van der Waals surface area contributed by atoms with E-state index in [-0.39, 0.29) is 11.4 Å². The average molecular weight is 405 g/mol. The molecule has 1 fully saturated rings. The Morgan fingerprint density at radius 2 is 1.93 bits per heavy atom. The maximum Gasteiger partial charge on any atom is 0.416 e. The normalized spacial score (nSPS) is 15.0. The van der Waals surface area contributed by atoms with E-state index in [9.17, 15) is 18.0 Å². The molecule has 6 nitrogen and oxygen atoms in total. The van der Waals surface area contributed by atoms with Gasteiger partial charge < -0.3 is 14.4 Å². The minimum atomic E-state index is -4.51. The predicted octanol–water partition coefficient (Wildman–Crippen LogP) is 3.73. The van der Waals surface area contributed by atoms with Gasteiger partial charge in [-0.15, -0.1) is 0 Å². The molecule has 1 saturated heterocycles. The molecule has 4 rings (SSSR count). The van der Waals surface area contributed by atoms with Crippen LogP contribution in [0, 0.1) is 0 Å². The third-order valence-corrected chi connectivity index (χ3v) is 4.92. The number of hydrogen-bond acceptors (Lipinski definition) is 4. The van der Waals surface area contributed by atoms with Gasteiger partial charge in [-0.2, -0.15) is 18.3 Å². The van der Waals surface area contributed by atoms with Crippen LogP contribution in [-0.2, 0) is 10.9 Å². The number of halogens is 3. The minimum Gasteiger partial charge on any atom is -0.496 e. The lowest BCUT2D eigenvalue weighted by molar-refractivity contribution is -0.137. The van der Waals surface area contributed by atoms with Gasteiger partial charge in [-0.25, -0.2) is 0 Å². The van der Waals surface area contributed by atoms with E-state index < -0.39 is 11.7 Å². The van der Waals surface area contributed by atoms with E-state index in [0.717, 1.165) is 12.1 Å². The van der Waals surface area contributed by atoms with E-state index in [4.69, 9.17) is 9.47 Å². The molecule has 1 aliphatic rings. The van der Waals surface area contributed by atoms with Crippen LogP contribution in [0.1, 0.15) is 15.9 Å². The van der Waals surface area contributed by atoms with Crippen molar-refractivity contribution in [2.45, 2.75) is 6.18 Å². The minimum absolute atomic E-state index is 0.171. The predicted molar refractivity (Wildman–Crippen MR) is 99.8 cm³/mol. The second kappa shape index (κ2) is 7.40. The lowest BCUT2D eigenvalue weighted by Gasteiger charge is -2.27. The number of hydrogen-bond donors (Lipinski definition) is 1. The zero-order valence-electron chi connectivity index (χ0n) is 15.5. The Labute approximate surface area is 164 Å². The molecule has 0 bridgehead atoms. The molecule has 9 heteroatoms. The third-order valence-electron chi connectivity index (χ3n) is 4.92. The van der Waals surface area contributed by atoms with Crippen molar-refractivity contribution in [2.24, 2.45) is 0 Å². The van der Waals surface area contributed by atoms with Crippen molar-refractivity contribution in [1.82, 2.24) is 15.1 Å². The number of amides is 1. The van der Waals surface area contributed by atoms with Crippen LogP contribution in [0.5, 0.6) is 5.75 Å². The molecule has 1 aromatic heterocycles. The lowest BCUT2D eigenvalue weighted by Crippen LogP contribution is -2.40. The fraction of sp³-hybridized carbons (Fsp3) is 0.300. The Morgan fingerprint density at radius 1 is 1.17 bits per heavy atom. The maximum atomic E-state index is 13.4. The molecule has 1 N–H and O–H groups in total. The molecule has 0 radical (unpaired) electrons. The van der Waals surface area contributed by atoms with Crippen molar-refractivity contribution in [2.75, 3.05) is 33.4 Å². The first-order valence-corrected chi connectivity index (χ1v) is 8.98. The number of ether oxygens (including phenoxy) is 2. The summed E-state index contributed by atoms with van der Waals surface area (Å²) >= 11 is 0. The van der Waals surface area contributed by atoms with E-state index in [1.54, 1.807) is 23.1 Å². The van der Waals surface area contributed by atoms with Gasteiger partial charge in [0.05, 0.1) is 37.6 Å². The van der Waals surface area contributed by atoms with Crippen LogP contribution in [0.3, 0.4) is 0 Å². The van der Waals surface area contributed by atoms with Crippen LogP contribution in [0.25, 0.3) is 22.0 Å². The fourth-order valence-electron chi connectivity index (χ4n) is 3.43. The van der Waals surface area contributed by atoms with E-state index in [2.05, 4.69) is 10.2 Å². The van der Waals surface area contributed by atoms with Gasteiger partial charge in [0, 0.05) is 29.6 Å². The maximum absolute atomic E-state index is 13.4. The number of morpholine rings is 1. The quantitative estimate of drug-likeness (QED) is 0.721. The first-order valence-electron chi connectivity index (χ1n) is 8.98. The third kappa shape index (κ3) is 3.65. The fourth-order valence-corrected chi connectivity index (χ4v) is 3.43. The summed E-state index contributed by atoms with van der Waals surface area (Å²) in [5.74, 6) is 0.140. The van der Waals surface area contributed by atoms with Crippen LogP contribution in [0.15, 0.2) is 36.5 Å². The lowest BCUT2D eigenvalue weighted by atomic mass is 9.96. The Balaban J connectivity index is 1.79. The van der Waals surface area contributed by atoms with Crippen LogP contribution >= 0.6 is 0 Å². The number of carbonyl (C=O) groups excluding carboxylic acids is 1. The molecule has 0 aliphatic carbocycles. The zero-order chi connectivity index (χ0) is 20.6. The van der Waals surface area contributed by atoms with E-state index >= 15 is 0 Å². The SMILES string of the molecule is COc1cc(C(=O)N2CCOCC2)ccc1-c1cc(C(F)(F)F)cc2[nH]ncc12. The highest BCUT2D eigenvalue weighted by Gasteiger charge is 2.32. The van der Waals surface area contributed by atoms with E-state index in [0.29, 0.717) is 54.1 Å². The van der Waals surface area contributed by atoms with Crippen molar-refractivity contribution < 1.29 is 27.4 Å². The van der Waals surface area contributed by atoms with Gasteiger partial charge >= 0.3 is 6.18 Å². The highest BCUT2D eigenvalue weighted by atomic mass is 19.4. The van der Waals surface area contributed by atoms with Crippen molar-refractivity contribution >= 4 is 16.8 Å². The number of alkyl halides is 3. The number of rotatable bonds is 3. The van der Waals surface area contributed by atoms with Crippen molar-refractivity contribution in [1.29, 1.82) is 0 Å². The summed E-state index contributed by atoms with van der Waals surface area (Å²) in [5, 5.41) is 6.99. The Morgan fingerprint density at radius 3 is 2.62 bits per heavy atom. The van der Waals surface area contributed by atoms with Gasteiger partial charge in [0.2, 0.25) is 0 Å². The molecule has 1 amide bonds. The average Bonchev–Trinajstić information content (AvgIpc) is 3.21. The van der Waals surface area contributed by atoms with Crippen LogP contribution in [-0.4, -0.2) is 54.4 Å². The van der Waals surface area contributed by atoms with Crippen molar-refractivity contribution in [3.8, 4) is 16.9 Å². The number of methoxy groups -OCH3 is 1. The first-order chi connectivity index (χ1) is 13.9. The molecule has 0 saturated carbocycles. The second-order valence-electron chi connectivity index (χ2n) is 6.67. The Bertz CT molecular complexity index is 1060. The van der Waals surface area contributed by atoms with Crippen molar-refractivity contribution in [3.63, 3.8) is 0 Å². The molecule has 3 aromatic rings. The van der Waals surface area contributed by atoms with Crippen LogP contribution in [0.2, 0.25) is 0 Å². The molecular formula is C20H18F3N3O3. The summed E-state index contributed by atoms with van der Waals surface area (Å²) in [5.41, 5.74) is 0.655. The van der Waals surface area contributed by atoms with Gasteiger partial charge in [-0.3, -0.25) is 9.89 Å². The number of aromatic nitrogens is 2. The molecule has 2 heterocycles. The summed E-state index contributed by atoms with van der Waals surface area (Å²) < 4.78 is 50.7. The molecule has 29 heavy (non-hydrogen) atoms. The number of fused-ring (bicyclic) bond motifs is 1. The highest BCUT2D eigenvalue weighted by Crippen LogP contribution is 2.40. The van der Waals surface area contributed by atoms with Gasteiger partial charge in [-0.1, -0.05) is 0 Å². The molecule has 0 atom stereocenters. The molecule has 2 aromatic carbocycles. The number of H-pyrrole nitrogens is 1. The Kier molecular flexibility index (Phi) is 4.91. The number of nitrogens with one attached hydrogen (secondary N) is 1. The Hall–Kier alpha value is -3.07. The number of nitrogens with zero attached hydrogens (tertiary/aromatic N) is 2. The summed E-state index contributed by atoms with van der Waals surface area (Å²) in [7, 11) is 1.42. The molecule has 152 valence electrons. The standard InChI is InChI=1S/C20H18F3N3O3/c1-28-18-8-12(19(27)26-4-6-29-7-5-26)2-3-14(18)15-9-13(20(21,22)23)10-17-16(15)11-24-25-17/h2-3,8-11H,4-7H2,1H3,(H,24,25). The van der Waals surface area contributed by atoms with Gasteiger partial charge in [0.1, 0.15) is 5.75 Å². The second-order valence-corrected chi connectivity index (χ2v) is 6.67. The topological polar surface area (TPSA) is 67.4 Å². The summed E-state index contributed by atoms with van der Waals surface area (Å²) in [6, 6.07) is 6.85. The monoisotopic (exact) mass is 405 g/mol. The number of carbonyl (C=O) groups is 1. The largest absolute Gasteiger partial charge is 0.496 e. The van der Waals surface area contributed by atoms with Crippen molar-refractivity contribution in [3.05, 3.63) is 47.7 Å². The van der Waals surface area contributed by atoms with E-state index in [1.807, 2.05) is 0 Å². The van der Waals surface area contributed by atoms with Gasteiger partial charge in [-0.05, 0) is 35.9 Å². The molecule has 1 aliphatic heterocycles.